The van der Waals surface area contributed by atoms with Crippen molar-refractivity contribution in [3.8, 4) is 0 Å². The molecule has 0 aromatic carbocycles. The average Bonchev–Trinajstić information content (AvgIpc) is 2.51. The Morgan fingerprint density at radius 3 is 2.93 bits per heavy atom. The predicted octanol–water partition coefficient (Wildman–Crippen LogP) is 1.13. The van der Waals surface area contributed by atoms with Gasteiger partial charge in [-0.05, 0) is 25.4 Å². The first-order valence-corrected chi connectivity index (χ1v) is 5.32. The third kappa shape index (κ3) is 3.12. The topological polar surface area (TPSA) is 66.9 Å². The van der Waals surface area contributed by atoms with Crippen LogP contribution >= 0.6 is 23.1 Å². The SMILES string of the molecule is CCNC(=O)C(C)Nc1nc(Cl)ns1. The molecule has 14 heavy (non-hydrogen) atoms. The highest BCUT2D eigenvalue weighted by Crippen LogP contribution is 2.14. The smallest absolute Gasteiger partial charge is 0.242 e. The highest BCUT2D eigenvalue weighted by Gasteiger charge is 2.13. The summed E-state index contributed by atoms with van der Waals surface area (Å²) in [5.74, 6) is -0.0705. The number of hydrogen-bond donors (Lipinski definition) is 2. The van der Waals surface area contributed by atoms with Gasteiger partial charge < -0.3 is 10.6 Å². The number of carbonyl (C=O) groups is 1. The lowest BCUT2D eigenvalue weighted by atomic mass is 10.3. The lowest BCUT2D eigenvalue weighted by Crippen LogP contribution is -2.37. The van der Waals surface area contributed by atoms with Crippen molar-refractivity contribution in [2.24, 2.45) is 0 Å². The summed E-state index contributed by atoms with van der Waals surface area (Å²) in [7, 11) is 0. The van der Waals surface area contributed by atoms with Gasteiger partial charge in [-0.15, -0.1) is 0 Å². The summed E-state index contributed by atoms with van der Waals surface area (Å²) in [4.78, 5) is 15.2. The Morgan fingerprint density at radius 1 is 1.71 bits per heavy atom. The summed E-state index contributed by atoms with van der Waals surface area (Å²) in [5.41, 5.74) is 0. The molecule has 0 aliphatic carbocycles. The van der Waals surface area contributed by atoms with E-state index in [4.69, 9.17) is 11.6 Å². The van der Waals surface area contributed by atoms with Crippen LogP contribution in [0.4, 0.5) is 5.13 Å². The van der Waals surface area contributed by atoms with Crippen molar-refractivity contribution < 1.29 is 4.79 Å². The summed E-state index contributed by atoms with van der Waals surface area (Å²) in [6.45, 7) is 4.23. The summed E-state index contributed by atoms with van der Waals surface area (Å²) < 4.78 is 3.78. The summed E-state index contributed by atoms with van der Waals surface area (Å²) >= 11 is 6.66. The highest BCUT2D eigenvalue weighted by molar-refractivity contribution is 7.09. The number of carbonyl (C=O) groups excluding carboxylic acids is 1. The van der Waals surface area contributed by atoms with Gasteiger partial charge in [-0.2, -0.15) is 9.36 Å². The van der Waals surface area contributed by atoms with Crippen LogP contribution in [0, 0.1) is 0 Å². The van der Waals surface area contributed by atoms with Gasteiger partial charge in [0.25, 0.3) is 0 Å². The normalized spacial score (nSPS) is 12.2. The van der Waals surface area contributed by atoms with E-state index in [-0.39, 0.29) is 17.2 Å². The minimum absolute atomic E-state index is 0.0705. The lowest BCUT2D eigenvalue weighted by Gasteiger charge is -2.11. The molecule has 0 saturated heterocycles. The van der Waals surface area contributed by atoms with Crippen LogP contribution in [0.15, 0.2) is 0 Å². The van der Waals surface area contributed by atoms with Gasteiger partial charge >= 0.3 is 0 Å². The van der Waals surface area contributed by atoms with Crippen LogP contribution in [0.1, 0.15) is 13.8 Å². The van der Waals surface area contributed by atoms with E-state index in [1.54, 1.807) is 6.92 Å². The van der Waals surface area contributed by atoms with E-state index in [0.717, 1.165) is 11.5 Å². The molecule has 1 atom stereocenters. The molecule has 0 spiro atoms. The number of nitrogens with zero attached hydrogens (tertiary/aromatic N) is 2. The molecule has 7 heteroatoms. The zero-order valence-electron chi connectivity index (χ0n) is 7.87. The van der Waals surface area contributed by atoms with Gasteiger partial charge in [0, 0.05) is 18.1 Å². The third-order valence-corrected chi connectivity index (χ3v) is 2.40. The molecule has 1 heterocycles. The van der Waals surface area contributed by atoms with Crippen LogP contribution in [-0.4, -0.2) is 27.9 Å². The summed E-state index contributed by atoms with van der Waals surface area (Å²) in [6, 6.07) is -0.334. The van der Waals surface area contributed by atoms with Crippen molar-refractivity contribution in [1.29, 1.82) is 0 Å². The second kappa shape index (κ2) is 5.11. The van der Waals surface area contributed by atoms with Gasteiger partial charge in [0.15, 0.2) is 0 Å². The van der Waals surface area contributed by atoms with Gasteiger partial charge in [0.1, 0.15) is 6.04 Å². The van der Waals surface area contributed by atoms with E-state index in [2.05, 4.69) is 20.0 Å². The van der Waals surface area contributed by atoms with Crippen molar-refractivity contribution in [1.82, 2.24) is 14.7 Å². The first-order valence-electron chi connectivity index (χ1n) is 4.17. The fourth-order valence-corrected chi connectivity index (χ4v) is 1.64. The molecule has 78 valence electrons. The zero-order chi connectivity index (χ0) is 10.6. The highest BCUT2D eigenvalue weighted by atomic mass is 35.5. The Bertz CT molecular complexity index is 316. The van der Waals surface area contributed by atoms with Gasteiger partial charge in [-0.25, -0.2) is 0 Å². The molecule has 2 N–H and O–H groups in total. The van der Waals surface area contributed by atoms with Crippen LogP contribution in [0.3, 0.4) is 0 Å². The Labute approximate surface area is 91.0 Å². The molecular weight excluding hydrogens is 224 g/mol. The number of halogens is 1. The van der Waals surface area contributed by atoms with Crippen molar-refractivity contribution in [3.63, 3.8) is 0 Å². The third-order valence-electron chi connectivity index (χ3n) is 1.49. The number of amides is 1. The minimum atomic E-state index is -0.334. The molecule has 1 amide bonds. The standard InChI is InChI=1S/C7H11ClN4OS/c1-3-9-5(13)4(2)10-7-11-6(8)12-14-7/h4H,3H2,1-2H3,(H,9,13)(H,10,11,12). The van der Waals surface area contributed by atoms with Crippen LogP contribution in [-0.2, 0) is 4.79 Å². The molecule has 0 aliphatic rings. The van der Waals surface area contributed by atoms with E-state index >= 15 is 0 Å². The maximum Gasteiger partial charge on any atom is 0.242 e. The molecule has 0 fully saturated rings. The number of aromatic nitrogens is 2. The van der Waals surface area contributed by atoms with Gasteiger partial charge in [0.05, 0.1) is 0 Å². The van der Waals surface area contributed by atoms with Gasteiger partial charge in [-0.3, -0.25) is 4.79 Å². The molecule has 0 bridgehead atoms. The van der Waals surface area contributed by atoms with E-state index < -0.39 is 0 Å². The Morgan fingerprint density at radius 2 is 2.43 bits per heavy atom. The first kappa shape index (κ1) is 11.2. The zero-order valence-corrected chi connectivity index (χ0v) is 9.45. The van der Waals surface area contributed by atoms with E-state index in [9.17, 15) is 4.79 Å². The quantitative estimate of drug-likeness (QED) is 0.820. The average molecular weight is 235 g/mol. The second-order valence-electron chi connectivity index (χ2n) is 2.63. The predicted molar refractivity (Wildman–Crippen MR) is 56.7 cm³/mol. The van der Waals surface area contributed by atoms with Gasteiger partial charge in [0.2, 0.25) is 16.3 Å². The molecule has 0 aliphatic heterocycles. The Hall–Kier alpha value is -0.880. The number of anilines is 1. The second-order valence-corrected chi connectivity index (χ2v) is 3.72. The maximum absolute atomic E-state index is 11.3. The van der Waals surface area contributed by atoms with E-state index in [1.807, 2.05) is 6.92 Å². The number of nitrogens with one attached hydrogen (secondary N) is 2. The van der Waals surface area contributed by atoms with Crippen LogP contribution in [0.5, 0.6) is 0 Å². The molecule has 0 radical (unpaired) electrons. The number of likely N-dealkylation sites (N-methyl/N-ethyl adjacent to an activating group) is 1. The summed E-state index contributed by atoms with van der Waals surface area (Å²) in [6.07, 6.45) is 0. The molecule has 5 nitrogen and oxygen atoms in total. The lowest BCUT2D eigenvalue weighted by molar-refractivity contribution is -0.121. The monoisotopic (exact) mass is 234 g/mol. The minimum Gasteiger partial charge on any atom is -0.355 e. The van der Waals surface area contributed by atoms with Crippen molar-refractivity contribution >= 4 is 34.2 Å². The number of hydrogen-bond acceptors (Lipinski definition) is 5. The van der Waals surface area contributed by atoms with E-state index in [1.165, 1.54) is 0 Å². The molecule has 1 aromatic rings. The summed E-state index contributed by atoms with van der Waals surface area (Å²) in [5, 5.41) is 6.33. The van der Waals surface area contributed by atoms with E-state index in [0.29, 0.717) is 11.7 Å². The molecule has 0 saturated carbocycles. The van der Waals surface area contributed by atoms with Crippen molar-refractivity contribution in [2.45, 2.75) is 19.9 Å². The van der Waals surface area contributed by atoms with Crippen molar-refractivity contribution in [3.05, 3.63) is 5.28 Å². The van der Waals surface area contributed by atoms with Crippen LogP contribution in [0.2, 0.25) is 5.28 Å². The number of rotatable bonds is 4. The fraction of sp³-hybridized carbons (Fsp3) is 0.571. The fourth-order valence-electron chi connectivity index (χ4n) is 0.842. The van der Waals surface area contributed by atoms with Crippen molar-refractivity contribution in [2.75, 3.05) is 11.9 Å². The van der Waals surface area contributed by atoms with Crippen LogP contribution in [0.25, 0.3) is 0 Å². The maximum atomic E-state index is 11.3. The molecule has 1 unspecified atom stereocenters. The molecule has 1 aromatic heterocycles. The van der Waals surface area contributed by atoms with Crippen LogP contribution < -0.4 is 10.6 Å². The van der Waals surface area contributed by atoms with Gasteiger partial charge in [-0.1, -0.05) is 0 Å². The largest absolute Gasteiger partial charge is 0.355 e. The Kier molecular flexibility index (Phi) is 4.09. The molecule has 1 rings (SSSR count). The first-order chi connectivity index (χ1) is 6.63. The Balaban J connectivity index is 2.48. The molecular formula is C7H11ClN4OS.